The number of ketones is 1. The van der Waals surface area contributed by atoms with Crippen molar-refractivity contribution in [1.29, 1.82) is 0 Å². The zero-order valence-corrected chi connectivity index (χ0v) is 15.5. The molecule has 0 saturated carbocycles. The van der Waals surface area contributed by atoms with Crippen LogP contribution in [0.25, 0.3) is 21.9 Å². The largest absolute Gasteiger partial charge is 0.485 e. The molecule has 0 aliphatic heterocycles. The normalized spacial score (nSPS) is 12.3. The zero-order chi connectivity index (χ0) is 18.9. The van der Waals surface area contributed by atoms with Gasteiger partial charge in [-0.15, -0.1) is 0 Å². The molecule has 4 aromatic rings. The van der Waals surface area contributed by atoms with Gasteiger partial charge in [0.25, 0.3) is 0 Å². The standard InChI is InChI=1S/C26H20O2/c27-24(22-16-15-20-14-13-19-9-6-11-23(22)26(19)20)17-28-25-12-5-4-10-21(25)18-7-2-1-3-8-18/h1-12,15-16H,13-14,17H2. The molecule has 5 rings (SSSR count). The van der Waals surface area contributed by atoms with Crippen molar-refractivity contribution in [3.63, 3.8) is 0 Å². The van der Waals surface area contributed by atoms with Crippen LogP contribution in [0.2, 0.25) is 0 Å². The van der Waals surface area contributed by atoms with E-state index in [1.54, 1.807) is 0 Å². The van der Waals surface area contributed by atoms with E-state index in [1.807, 2.05) is 60.7 Å². The molecule has 136 valence electrons. The van der Waals surface area contributed by atoms with E-state index >= 15 is 0 Å². The van der Waals surface area contributed by atoms with Gasteiger partial charge in [-0.3, -0.25) is 4.79 Å². The van der Waals surface area contributed by atoms with E-state index in [0.29, 0.717) is 0 Å². The molecular formula is C26H20O2. The fourth-order valence-electron chi connectivity index (χ4n) is 4.16. The first-order valence-corrected chi connectivity index (χ1v) is 9.65. The summed E-state index contributed by atoms with van der Waals surface area (Å²) >= 11 is 0. The quantitative estimate of drug-likeness (QED) is 0.414. The summed E-state index contributed by atoms with van der Waals surface area (Å²) in [6.45, 7) is 0.0303. The van der Waals surface area contributed by atoms with Crippen LogP contribution >= 0.6 is 0 Å². The molecule has 0 heterocycles. The summed E-state index contributed by atoms with van der Waals surface area (Å²) in [4.78, 5) is 13.0. The van der Waals surface area contributed by atoms with Crippen molar-refractivity contribution in [1.82, 2.24) is 0 Å². The maximum absolute atomic E-state index is 13.0. The third-order valence-corrected chi connectivity index (χ3v) is 5.51. The average Bonchev–Trinajstić information content (AvgIpc) is 3.18. The number of hydrogen-bond acceptors (Lipinski definition) is 2. The minimum absolute atomic E-state index is 0.0125. The number of ether oxygens (including phenoxy) is 1. The Morgan fingerprint density at radius 1 is 0.750 bits per heavy atom. The topological polar surface area (TPSA) is 26.3 Å². The molecule has 0 spiro atoms. The number of aryl methyl sites for hydroxylation is 2. The van der Waals surface area contributed by atoms with Crippen molar-refractivity contribution in [2.45, 2.75) is 12.8 Å². The molecule has 0 amide bonds. The first-order chi connectivity index (χ1) is 13.8. The lowest BCUT2D eigenvalue weighted by Gasteiger charge is -2.12. The molecule has 1 aliphatic rings. The van der Waals surface area contributed by atoms with E-state index in [9.17, 15) is 4.79 Å². The lowest BCUT2D eigenvalue weighted by Crippen LogP contribution is -2.12. The summed E-state index contributed by atoms with van der Waals surface area (Å²) in [5.41, 5.74) is 5.52. The van der Waals surface area contributed by atoms with Crippen LogP contribution in [0.1, 0.15) is 21.5 Å². The lowest BCUT2D eigenvalue weighted by molar-refractivity contribution is 0.0923. The van der Waals surface area contributed by atoms with Gasteiger partial charge in [-0.1, -0.05) is 78.9 Å². The first kappa shape index (κ1) is 16.8. The van der Waals surface area contributed by atoms with Gasteiger partial charge in [-0.05, 0) is 46.4 Å². The van der Waals surface area contributed by atoms with Crippen LogP contribution in [0.5, 0.6) is 5.75 Å². The molecule has 2 heteroatoms. The van der Waals surface area contributed by atoms with Crippen molar-refractivity contribution in [3.8, 4) is 16.9 Å². The van der Waals surface area contributed by atoms with E-state index in [4.69, 9.17) is 4.74 Å². The molecule has 4 aromatic carbocycles. The van der Waals surface area contributed by atoms with E-state index < -0.39 is 0 Å². The summed E-state index contributed by atoms with van der Waals surface area (Å²) in [7, 11) is 0. The van der Waals surface area contributed by atoms with E-state index in [0.717, 1.165) is 40.7 Å². The number of rotatable bonds is 5. The van der Waals surface area contributed by atoms with E-state index in [2.05, 4.69) is 24.3 Å². The first-order valence-electron chi connectivity index (χ1n) is 9.65. The van der Waals surface area contributed by atoms with Crippen molar-refractivity contribution >= 4 is 16.6 Å². The van der Waals surface area contributed by atoms with Crippen LogP contribution in [-0.4, -0.2) is 12.4 Å². The molecule has 0 bridgehead atoms. The van der Waals surface area contributed by atoms with Crippen LogP contribution in [-0.2, 0) is 12.8 Å². The van der Waals surface area contributed by atoms with Gasteiger partial charge in [0, 0.05) is 11.1 Å². The maximum Gasteiger partial charge on any atom is 0.200 e. The molecule has 0 atom stereocenters. The molecule has 0 saturated heterocycles. The highest BCUT2D eigenvalue weighted by molar-refractivity contribution is 6.10. The average molecular weight is 364 g/mol. The van der Waals surface area contributed by atoms with Gasteiger partial charge in [0.2, 0.25) is 5.78 Å². The van der Waals surface area contributed by atoms with E-state index in [-0.39, 0.29) is 12.4 Å². The van der Waals surface area contributed by atoms with Gasteiger partial charge in [0.05, 0.1) is 0 Å². The molecule has 0 aromatic heterocycles. The number of benzene rings is 4. The van der Waals surface area contributed by atoms with Crippen LogP contribution in [0, 0.1) is 0 Å². The van der Waals surface area contributed by atoms with Crippen molar-refractivity contribution in [3.05, 3.63) is 102 Å². The molecule has 0 N–H and O–H groups in total. The van der Waals surface area contributed by atoms with Gasteiger partial charge < -0.3 is 4.74 Å². The second-order valence-electron chi connectivity index (χ2n) is 7.19. The number of para-hydroxylation sites is 1. The highest BCUT2D eigenvalue weighted by atomic mass is 16.5. The van der Waals surface area contributed by atoms with Crippen LogP contribution in [0.4, 0.5) is 0 Å². The second kappa shape index (κ2) is 6.97. The van der Waals surface area contributed by atoms with E-state index in [1.165, 1.54) is 16.5 Å². The minimum atomic E-state index is 0.0125. The highest BCUT2D eigenvalue weighted by Gasteiger charge is 2.19. The number of carbonyl (C=O) groups is 1. The predicted molar refractivity (Wildman–Crippen MR) is 113 cm³/mol. The third-order valence-electron chi connectivity index (χ3n) is 5.51. The molecule has 0 radical (unpaired) electrons. The maximum atomic E-state index is 13.0. The van der Waals surface area contributed by atoms with Gasteiger partial charge in [0.15, 0.2) is 6.61 Å². The molecule has 1 aliphatic carbocycles. The second-order valence-corrected chi connectivity index (χ2v) is 7.19. The third kappa shape index (κ3) is 2.87. The fraction of sp³-hybridized carbons (Fsp3) is 0.115. The molecule has 0 fully saturated rings. The Labute approximate surface area is 164 Å². The Morgan fingerprint density at radius 3 is 2.36 bits per heavy atom. The lowest BCUT2D eigenvalue weighted by atomic mass is 9.98. The monoisotopic (exact) mass is 364 g/mol. The molecule has 2 nitrogen and oxygen atoms in total. The van der Waals surface area contributed by atoms with Gasteiger partial charge >= 0.3 is 0 Å². The zero-order valence-electron chi connectivity index (χ0n) is 15.5. The fourth-order valence-corrected chi connectivity index (χ4v) is 4.16. The van der Waals surface area contributed by atoms with Crippen LogP contribution in [0.15, 0.2) is 84.9 Å². The Bertz CT molecular complexity index is 1170. The van der Waals surface area contributed by atoms with Gasteiger partial charge in [-0.2, -0.15) is 0 Å². The molecule has 28 heavy (non-hydrogen) atoms. The summed E-state index contributed by atoms with van der Waals surface area (Å²) in [6.07, 6.45) is 2.12. The summed E-state index contributed by atoms with van der Waals surface area (Å²) in [6, 6.07) is 28.3. The van der Waals surface area contributed by atoms with Crippen molar-refractivity contribution in [2.24, 2.45) is 0 Å². The highest BCUT2D eigenvalue weighted by Crippen LogP contribution is 2.33. The van der Waals surface area contributed by atoms with Crippen molar-refractivity contribution in [2.75, 3.05) is 6.61 Å². The summed E-state index contributed by atoms with van der Waals surface area (Å²) < 4.78 is 5.98. The Hall–Kier alpha value is -3.39. The summed E-state index contributed by atoms with van der Waals surface area (Å²) in [5.74, 6) is 0.742. The Morgan fingerprint density at radius 2 is 1.50 bits per heavy atom. The SMILES string of the molecule is O=C(COc1ccccc1-c1ccccc1)c1ccc2c3c(cccc13)CC2. The Kier molecular flexibility index (Phi) is 4.17. The van der Waals surface area contributed by atoms with Crippen LogP contribution < -0.4 is 4.74 Å². The summed E-state index contributed by atoms with van der Waals surface area (Å²) in [5, 5.41) is 2.32. The number of Topliss-reactive ketones (excluding diaryl/α,β-unsaturated/α-hetero) is 1. The molecule has 0 unspecified atom stereocenters. The van der Waals surface area contributed by atoms with Crippen molar-refractivity contribution < 1.29 is 9.53 Å². The van der Waals surface area contributed by atoms with Gasteiger partial charge in [0.1, 0.15) is 5.75 Å². The number of hydrogen-bond donors (Lipinski definition) is 0. The number of carbonyl (C=O) groups excluding carboxylic acids is 1. The Balaban J connectivity index is 1.44. The van der Waals surface area contributed by atoms with Crippen LogP contribution in [0.3, 0.4) is 0 Å². The predicted octanol–water partition coefficient (Wildman–Crippen LogP) is 5.87. The minimum Gasteiger partial charge on any atom is -0.485 e. The van der Waals surface area contributed by atoms with Gasteiger partial charge in [-0.25, -0.2) is 0 Å². The molecular weight excluding hydrogens is 344 g/mol. The smallest absolute Gasteiger partial charge is 0.200 e.